The summed E-state index contributed by atoms with van der Waals surface area (Å²) >= 11 is 0. The molecule has 0 aliphatic carbocycles. The van der Waals surface area contributed by atoms with Gasteiger partial charge in [0.2, 0.25) is 5.91 Å². The van der Waals surface area contributed by atoms with Crippen LogP contribution in [0.1, 0.15) is 172 Å². The summed E-state index contributed by atoms with van der Waals surface area (Å²) < 4.78 is 17.3. The fourth-order valence-electron chi connectivity index (χ4n) is 8.48. The number of nitrogens with one attached hydrogen (secondary N) is 1. The number of amides is 1. The minimum Gasteiger partial charge on any atom is -0.480 e. The summed E-state index contributed by atoms with van der Waals surface area (Å²) in [5, 5.41) is 13.3. The Morgan fingerprint density at radius 1 is 0.616 bits per heavy atom. The van der Waals surface area contributed by atoms with Crippen molar-refractivity contribution in [1.29, 1.82) is 0 Å². The van der Waals surface area contributed by atoms with Gasteiger partial charge >= 0.3 is 23.9 Å². The number of rotatable bonds is 39. The van der Waals surface area contributed by atoms with Crippen LogP contribution in [0.4, 0.5) is 0 Å². The van der Waals surface area contributed by atoms with Gasteiger partial charge in [-0.15, -0.1) is 0 Å². The number of ether oxygens (including phenoxy) is 3. The fourth-order valence-corrected chi connectivity index (χ4v) is 8.48. The molecule has 400 valence electrons. The predicted molar refractivity (Wildman–Crippen MR) is 294 cm³/mol. The molecule has 2 aromatic carbocycles. The first kappa shape index (κ1) is 61.5. The zero-order valence-electron chi connectivity index (χ0n) is 44.5. The summed E-state index contributed by atoms with van der Waals surface area (Å²) in [6.45, 7) is 5.40. The molecule has 0 saturated carbocycles. The number of hydrogen-bond acceptors (Lipinski definition) is 9. The summed E-state index contributed by atoms with van der Waals surface area (Å²) in [5.41, 5.74) is 2.72. The lowest BCUT2D eigenvalue weighted by molar-refractivity contribution is -0.168. The molecule has 0 bridgehead atoms. The molecule has 1 amide bonds. The Hall–Kier alpha value is -5.81. The fraction of sp³-hybridized carbons (Fsp3) is 0.532. The number of carbonyl (C=O) groups is 5. The molecule has 3 rings (SSSR count). The van der Waals surface area contributed by atoms with Crippen LogP contribution in [-0.4, -0.2) is 77.2 Å². The molecule has 1 heterocycles. The molecule has 3 atom stereocenters. The van der Waals surface area contributed by atoms with E-state index in [0.717, 1.165) is 119 Å². The SMILES string of the molecule is CCC=CCC=CCC=CCCCCCCCC(=O)OCC(COC(=O)CCCCCCCC=CCC=CCC=CCC)OC(=O)[C@H](CCc1ccccc1)N[C@@H](C)C(=O)N1Cc2ccccc2C[C@H]1C(=O)O. The van der Waals surface area contributed by atoms with Crippen LogP contribution in [0.3, 0.4) is 0 Å². The molecular formula is C62H88N2O9. The van der Waals surface area contributed by atoms with Gasteiger partial charge in [0, 0.05) is 25.8 Å². The minimum absolute atomic E-state index is 0.122. The zero-order valence-corrected chi connectivity index (χ0v) is 44.5. The van der Waals surface area contributed by atoms with Crippen molar-refractivity contribution in [2.45, 2.75) is 199 Å². The van der Waals surface area contributed by atoms with E-state index < -0.39 is 54.0 Å². The van der Waals surface area contributed by atoms with E-state index in [9.17, 15) is 29.1 Å². The number of aryl methyl sites for hydroxylation is 1. The van der Waals surface area contributed by atoms with Gasteiger partial charge in [-0.25, -0.2) is 4.79 Å². The Morgan fingerprint density at radius 2 is 1.08 bits per heavy atom. The van der Waals surface area contributed by atoms with Gasteiger partial charge in [-0.1, -0.05) is 180 Å². The molecule has 11 heteroatoms. The Labute approximate surface area is 438 Å². The van der Waals surface area contributed by atoms with Crippen molar-refractivity contribution in [3.8, 4) is 0 Å². The largest absolute Gasteiger partial charge is 0.480 e. The van der Waals surface area contributed by atoms with E-state index >= 15 is 0 Å². The lowest BCUT2D eigenvalue weighted by Gasteiger charge is -2.36. The second kappa shape index (κ2) is 39.7. The minimum atomic E-state index is -1.11. The van der Waals surface area contributed by atoms with E-state index in [-0.39, 0.29) is 45.4 Å². The predicted octanol–water partition coefficient (Wildman–Crippen LogP) is 13.2. The van der Waals surface area contributed by atoms with Crippen molar-refractivity contribution in [1.82, 2.24) is 10.2 Å². The third-order valence-electron chi connectivity index (χ3n) is 12.7. The molecule has 11 nitrogen and oxygen atoms in total. The maximum Gasteiger partial charge on any atom is 0.326 e. The van der Waals surface area contributed by atoms with E-state index in [4.69, 9.17) is 14.2 Å². The van der Waals surface area contributed by atoms with Crippen molar-refractivity contribution in [2.75, 3.05) is 13.2 Å². The topological polar surface area (TPSA) is 149 Å². The van der Waals surface area contributed by atoms with Gasteiger partial charge in [0.1, 0.15) is 25.3 Å². The van der Waals surface area contributed by atoms with Crippen LogP contribution in [0, 0.1) is 0 Å². The zero-order chi connectivity index (χ0) is 52.6. The van der Waals surface area contributed by atoms with Crippen molar-refractivity contribution in [3.63, 3.8) is 0 Å². The summed E-state index contributed by atoms with van der Waals surface area (Å²) in [6, 6.07) is 14.0. The number of allylic oxidation sites excluding steroid dienone is 12. The third-order valence-corrected chi connectivity index (χ3v) is 12.7. The number of unbranched alkanes of at least 4 members (excludes halogenated alkanes) is 10. The Morgan fingerprint density at radius 3 is 1.60 bits per heavy atom. The van der Waals surface area contributed by atoms with Crippen molar-refractivity contribution in [3.05, 3.63) is 144 Å². The first-order chi connectivity index (χ1) is 35.6. The molecule has 0 aromatic heterocycles. The number of nitrogens with zero attached hydrogens (tertiary/aromatic N) is 1. The quantitative estimate of drug-likeness (QED) is 0.0287. The molecule has 73 heavy (non-hydrogen) atoms. The van der Waals surface area contributed by atoms with E-state index in [0.29, 0.717) is 19.3 Å². The van der Waals surface area contributed by atoms with Gasteiger partial charge in [0.05, 0.1) is 6.04 Å². The van der Waals surface area contributed by atoms with Gasteiger partial charge in [0.25, 0.3) is 0 Å². The highest BCUT2D eigenvalue weighted by Gasteiger charge is 2.38. The smallest absolute Gasteiger partial charge is 0.326 e. The van der Waals surface area contributed by atoms with Crippen molar-refractivity contribution < 1.29 is 43.3 Å². The van der Waals surface area contributed by atoms with Gasteiger partial charge in [-0.05, 0) is 114 Å². The highest BCUT2D eigenvalue weighted by atomic mass is 16.6. The lowest BCUT2D eigenvalue weighted by Crippen LogP contribution is -2.56. The summed E-state index contributed by atoms with van der Waals surface area (Å²) in [6.07, 6.45) is 44.0. The van der Waals surface area contributed by atoms with Gasteiger partial charge < -0.3 is 24.2 Å². The maximum atomic E-state index is 14.2. The number of benzene rings is 2. The molecule has 1 aliphatic rings. The second-order valence-electron chi connectivity index (χ2n) is 18.9. The van der Waals surface area contributed by atoms with Crippen LogP contribution in [0.15, 0.2) is 128 Å². The molecule has 0 spiro atoms. The number of aliphatic carboxylic acids is 1. The van der Waals surface area contributed by atoms with Crippen LogP contribution in [0.5, 0.6) is 0 Å². The molecular weight excluding hydrogens is 917 g/mol. The summed E-state index contributed by atoms with van der Waals surface area (Å²) in [4.78, 5) is 68.0. The number of carboxylic acids is 1. The van der Waals surface area contributed by atoms with Crippen LogP contribution in [-0.2, 0) is 57.6 Å². The van der Waals surface area contributed by atoms with E-state index in [2.05, 4.69) is 92.1 Å². The Balaban J connectivity index is 1.57. The number of carboxylic acid groups (broad SMARTS) is 1. The van der Waals surface area contributed by atoms with Crippen molar-refractivity contribution in [2.24, 2.45) is 0 Å². The Bertz CT molecular complexity index is 1990. The van der Waals surface area contributed by atoms with Crippen LogP contribution < -0.4 is 5.32 Å². The molecule has 2 aromatic rings. The monoisotopic (exact) mass is 1000 g/mol. The Kier molecular flexibility index (Phi) is 33.4. The average Bonchev–Trinajstić information content (AvgIpc) is 3.39. The molecule has 1 aliphatic heterocycles. The lowest BCUT2D eigenvalue weighted by atomic mass is 9.93. The molecule has 0 saturated heterocycles. The standard InChI is InChI=1S/C62H88N2O9/c1-4-6-8-10-12-14-16-18-20-22-24-26-28-30-35-43-58(65)71-49-55(50-72-59(66)44-36-31-29-27-25-23-21-19-17-15-13-11-9-7-5-2)73-62(70)56(46-45-52-39-33-32-34-40-52)63-51(3)60(67)64-48-54-42-38-37-41-53(54)47-57(64)61(68)69/h6-9,12-15,18-21,32-34,37-42,51,55-57,63H,4-5,10-11,16-17,22-31,35-36,43-50H2,1-3H3,(H,68,69)/t51-,55?,56-,57-/m0/s1. The van der Waals surface area contributed by atoms with Crippen LogP contribution in [0.2, 0.25) is 0 Å². The van der Waals surface area contributed by atoms with Crippen LogP contribution in [0.25, 0.3) is 0 Å². The van der Waals surface area contributed by atoms with E-state index in [1.54, 1.807) is 6.92 Å². The van der Waals surface area contributed by atoms with E-state index in [1.165, 1.54) is 4.90 Å². The third kappa shape index (κ3) is 28.3. The summed E-state index contributed by atoms with van der Waals surface area (Å²) in [5.74, 6) is -3.12. The maximum absolute atomic E-state index is 14.2. The first-order valence-electron chi connectivity index (χ1n) is 27.4. The molecule has 0 unspecified atom stereocenters. The summed E-state index contributed by atoms with van der Waals surface area (Å²) in [7, 11) is 0. The number of fused-ring (bicyclic) bond motifs is 1. The second-order valence-corrected chi connectivity index (χ2v) is 18.9. The first-order valence-corrected chi connectivity index (χ1v) is 27.4. The average molecular weight is 1010 g/mol. The van der Waals surface area contributed by atoms with Gasteiger partial charge in [-0.3, -0.25) is 24.5 Å². The molecule has 2 N–H and O–H groups in total. The van der Waals surface area contributed by atoms with Crippen LogP contribution >= 0.6 is 0 Å². The van der Waals surface area contributed by atoms with Gasteiger partial charge in [-0.2, -0.15) is 0 Å². The van der Waals surface area contributed by atoms with Gasteiger partial charge in [0.15, 0.2) is 6.10 Å². The molecule has 0 fully saturated rings. The normalized spacial score (nSPS) is 15.2. The number of esters is 3. The number of carbonyl (C=O) groups excluding carboxylic acids is 4. The highest BCUT2D eigenvalue weighted by Crippen LogP contribution is 2.25. The van der Waals surface area contributed by atoms with E-state index in [1.807, 2.05) is 54.6 Å². The number of hydrogen-bond donors (Lipinski definition) is 2. The molecule has 0 radical (unpaired) electrons. The van der Waals surface area contributed by atoms with Crippen molar-refractivity contribution >= 4 is 29.8 Å². The highest BCUT2D eigenvalue weighted by molar-refractivity contribution is 5.88.